The van der Waals surface area contributed by atoms with Crippen molar-refractivity contribution < 1.29 is 14.2 Å². The number of halogens is 1. The van der Waals surface area contributed by atoms with Gasteiger partial charge >= 0.3 is 0 Å². The summed E-state index contributed by atoms with van der Waals surface area (Å²) in [6.45, 7) is 8.89. The first kappa shape index (κ1) is 26.0. The molecule has 0 radical (unpaired) electrons. The zero-order valence-electron chi connectivity index (χ0n) is 22.4. The zero-order valence-corrected chi connectivity index (χ0v) is 23.2. The van der Waals surface area contributed by atoms with Crippen molar-refractivity contribution in [2.45, 2.75) is 46.6 Å². The van der Waals surface area contributed by atoms with Gasteiger partial charge in [-0.3, -0.25) is 4.68 Å². The second-order valence-electron chi connectivity index (χ2n) is 9.37. The van der Waals surface area contributed by atoms with Gasteiger partial charge < -0.3 is 24.0 Å². The number of methoxy groups -OCH3 is 3. The number of rotatable bonds is 9. The SMILES string of the molecule is CCCN(Cc1cc(OC)c(OC)c(OC)c1)c1c2c(nn1C)N(c1c(C)cc(C)cc1Cl)CCC2. The number of ether oxygens (including phenoxy) is 3. The molecule has 4 rings (SSSR count). The van der Waals surface area contributed by atoms with Crippen molar-refractivity contribution in [3.8, 4) is 17.2 Å². The molecule has 0 atom stereocenters. The van der Waals surface area contributed by atoms with E-state index in [1.54, 1.807) is 21.3 Å². The average Bonchev–Trinajstić information content (AvgIpc) is 3.18. The van der Waals surface area contributed by atoms with E-state index < -0.39 is 0 Å². The van der Waals surface area contributed by atoms with Gasteiger partial charge in [0.25, 0.3) is 0 Å². The minimum absolute atomic E-state index is 0.602. The van der Waals surface area contributed by atoms with Gasteiger partial charge in [-0.1, -0.05) is 24.6 Å². The number of nitrogens with zero attached hydrogens (tertiary/aromatic N) is 4. The number of hydrogen-bond donors (Lipinski definition) is 0. The van der Waals surface area contributed by atoms with Crippen LogP contribution < -0.4 is 24.0 Å². The summed E-state index contributed by atoms with van der Waals surface area (Å²) in [4.78, 5) is 4.70. The molecule has 8 heteroatoms. The van der Waals surface area contributed by atoms with Crippen LogP contribution in [-0.2, 0) is 20.0 Å². The molecule has 0 fully saturated rings. The number of benzene rings is 2. The molecule has 194 valence electrons. The molecule has 0 amide bonds. The van der Waals surface area contributed by atoms with Crippen molar-refractivity contribution >= 4 is 28.9 Å². The van der Waals surface area contributed by atoms with Crippen molar-refractivity contribution in [3.05, 3.63) is 51.5 Å². The molecule has 0 N–H and O–H groups in total. The van der Waals surface area contributed by atoms with Gasteiger partial charge in [0.05, 0.1) is 32.0 Å². The molecule has 0 bridgehead atoms. The monoisotopic (exact) mass is 512 g/mol. The average molecular weight is 513 g/mol. The molecule has 3 aromatic rings. The van der Waals surface area contributed by atoms with Crippen LogP contribution >= 0.6 is 11.6 Å². The van der Waals surface area contributed by atoms with Crippen LogP contribution in [0.2, 0.25) is 5.02 Å². The van der Waals surface area contributed by atoms with Gasteiger partial charge in [0.1, 0.15) is 5.82 Å². The lowest BCUT2D eigenvalue weighted by Gasteiger charge is -2.31. The predicted molar refractivity (Wildman–Crippen MR) is 147 cm³/mol. The second-order valence-corrected chi connectivity index (χ2v) is 9.78. The molecule has 2 aromatic carbocycles. The zero-order chi connectivity index (χ0) is 26.0. The van der Waals surface area contributed by atoms with E-state index >= 15 is 0 Å². The Morgan fingerprint density at radius 2 is 1.72 bits per heavy atom. The van der Waals surface area contributed by atoms with E-state index in [1.807, 2.05) is 29.9 Å². The number of fused-ring (bicyclic) bond motifs is 1. The maximum atomic E-state index is 6.76. The molecule has 0 saturated heterocycles. The minimum Gasteiger partial charge on any atom is -0.493 e. The molecule has 1 aromatic heterocycles. The first-order valence-electron chi connectivity index (χ1n) is 12.5. The molecular weight excluding hydrogens is 476 g/mol. The first-order valence-corrected chi connectivity index (χ1v) is 12.8. The van der Waals surface area contributed by atoms with Gasteiger partial charge in [-0.25, -0.2) is 0 Å². The second kappa shape index (κ2) is 10.9. The van der Waals surface area contributed by atoms with Gasteiger partial charge in [0, 0.05) is 32.2 Å². The Labute approximate surface area is 219 Å². The Kier molecular flexibility index (Phi) is 7.88. The first-order chi connectivity index (χ1) is 17.3. The van der Waals surface area contributed by atoms with Crippen molar-refractivity contribution in [1.29, 1.82) is 0 Å². The normalized spacial score (nSPS) is 12.9. The summed E-state index contributed by atoms with van der Waals surface area (Å²) in [5.74, 6) is 4.06. The molecule has 1 aliphatic rings. The summed E-state index contributed by atoms with van der Waals surface area (Å²) in [6, 6.07) is 8.27. The molecule has 1 aliphatic heterocycles. The fourth-order valence-corrected chi connectivity index (χ4v) is 5.77. The quantitative estimate of drug-likeness (QED) is 0.339. The van der Waals surface area contributed by atoms with E-state index in [9.17, 15) is 0 Å². The summed E-state index contributed by atoms with van der Waals surface area (Å²) in [5, 5.41) is 5.80. The van der Waals surface area contributed by atoms with E-state index in [0.29, 0.717) is 23.8 Å². The standard InChI is InChI=1S/C28H37ClN4O3/c1-8-11-32(17-20-15-23(34-5)26(36-7)24(16-20)35-6)28-21-10-9-12-33(27(21)30-31(28)4)25-19(3)13-18(2)14-22(25)29/h13-16H,8-12,17H2,1-7H3. The van der Waals surface area contributed by atoms with Gasteiger partial charge in [0.15, 0.2) is 17.3 Å². The summed E-state index contributed by atoms with van der Waals surface area (Å²) in [5.41, 5.74) is 5.74. The van der Waals surface area contributed by atoms with Crippen molar-refractivity contribution in [1.82, 2.24) is 9.78 Å². The third kappa shape index (κ3) is 4.81. The van der Waals surface area contributed by atoms with Crippen LogP contribution in [0.25, 0.3) is 0 Å². The number of hydrogen-bond acceptors (Lipinski definition) is 6. The van der Waals surface area contributed by atoms with Crippen LogP contribution in [0.15, 0.2) is 24.3 Å². The molecule has 0 aliphatic carbocycles. The predicted octanol–water partition coefficient (Wildman–Crippen LogP) is 6.22. The third-order valence-electron chi connectivity index (χ3n) is 6.71. The van der Waals surface area contributed by atoms with Gasteiger partial charge in [-0.2, -0.15) is 5.10 Å². The lowest BCUT2D eigenvalue weighted by atomic mass is 10.0. The molecule has 0 saturated carbocycles. The number of aromatic nitrogens is 2. The Bertz CT molecular complexity index is 1190. The smallest absolute Gasteiger partial charge is 0.203 e. The van der Waals surface area contributed by atoms with Crippen molar-refractivity contribution in [2.75, 3.05) is 44.2 Å². The summed E-state index contributed by atoms with van der Waals surface area (Å²) < 4.78 is 18.7. The third-order valence-corrected chi connectivity index (χ3v) is 7.00. The van der Waals surface area contributed by atoms with Crippen LogP contribution in [0.5, 0.6) is 17.2 Å². The van der Waals surface area contributed by atoms with E-state index in [0.717, 1.165) is 60.3 Å². The summed E-state index contributed by atoms with van der Waals surface area (Å²) in [6.07, 6.45) is 3.03. The maximum Gasteiger partial charge on any atom is 0.203 e. The van der Waals surface area contributed by atoms with Crippen molar-refractivity contribution in [2.24, 2.45) is 7.05 Å². The number of anilines is 3. The Hall–Kier alpha value is -3.06. The summed E-state index contributed by atoms with van der Waals surface area (Å²) >= 11 is 6.76. The number of aryl methyl sites for hydroxylation is 3. The lowest BCUT2D eigenvalue weighted by Crippen LogP contribution is -2.28. The Morgan fingerprint density at radius 1 is 1.03 bits per heavy atom. The van der Waals surface area contributed by atoms with Gasteiger partial charge in [-0.15, -0.1) is 0 Å². The van der Waals surface area contributed by atoms with Crippen LogP contribution in [0.4, 0.5) is 17.3 Å². The van der Waals surface area contributed by atoms with Gasteiger partial charge in [-0.05, 0) is 68.0 Å². The van der Waals surface area contributed by atoms with E-state index in [-0.39, 0.29) is 0 Å². The maximum absolute atomic E-state index is 6.76. The Morgan fingerprint density at radius 3 is 2.31 bits per heavy atom. The lowest BCUT2D eigenvalue weighted by molar-refractivity contribution is 0.323. The molecule has 7 nitrogen and oxygen atoms in total. The van der Waals surface area contributed by atoms with Gasteiger partial charge in [0.2, 0.25) is 5.75 Å². The highest BCUT2D eigenvalue weighted by atomic mass is 35.5. The molecular formula is C28H37ClN4O3. The molecule has 0 unspecified atom stereocenters. The largest absolute Gasteiger partial charge is 0.493 e. The molecule has 2 heterocycles. The highest BCUT2D eigenvalue weighted by Crippen LogP contribution is 2.43. The van der Waals surface area contributed by atoms with E-state index in [4.69, 9.17) is 30.9 Å². The van der Waals surface area contributed by atoms with E-state index in [2.05, 4.69) is 36.6 Å². The van der Waals surface area contributed by atoms with E-state index in [1.165, 1.54) is 16.7 Å². The Balaban J connectivity index is 1.76. The van der Waals surface area contributed by atoms with Crippen LogP contribution in [0.3, 0.4) is 0 Å². The van der Waals surface area contributed by atoms with Crippen molar-refractivity contribution in [3.63, 3.8) is 0 Å². The van der Waals surface area contributed by atoms with Crippen LogP contribution in [0, 0.1) is 13.8 Å². The topological polar surface area (TPSA) is 52.0 Å². The fourth-order valence-electron chi connectivity index (χ4n) is 5.35. The fraction of sp³-hybridized carbons (Fsp3) is 0.464. The highest BCUT2D eigenvalue weighted by molar-refractivity contribution is 6.33. The minimum atomic E-state index is 0.602. The summed E-state index contributed by atoms with van der Waals surface area (Å²) in [7, 11) is 6.96. The molecule has 0 spiro atoms. The highest BCUT2D eigenvalue weighted by Gasteiger charge is 2.30. The van der Waals surface area contributed by atoms with Crippen LogP contribution in [-0.4, -0.2) is 44.2 Å². The molecule has 36 heavy (non-hydrogen) atoms. The van der Waals surface area contributed by atoms with Crippen LogP contribution in [0.1, 0.15) is 42.0 Å².